The van der Waals surface area contributed by atoms with Gasteiger partial charge in [0.05, 0.1) is 5.54 Å². The first-order chi connectivity index (χ1) is 9.69. The van der Waals surface area contributed by atoms with E-state index in [1.807, 2.05) is 6.21 Å². The highest BCUT2D eigenvalue weighted by atomic mass is 14.8. The quantitative estimate of drug-likeness (QED) is 0.622. The molecular formula is C20H27N. The van der Waals surface area contributed by atoms with Gasteiger partial charge in [0.2, 0.25) is 0 Å². The lowest BCUT2D eigenvalue weighted by Crippen LogP contribution is -2.09. The van der Waals surface area contributed by atoms with Gasteiger partial charge in [0, 0.05) is 11.8 Å². The van der Waals surface area contributed by atoms with E-state index in [1.165, 1.54) is 33.4 Å². The fraction of sp³-hybridized carbons (Fsp3) is 0.450. The molecule has 2 aliphatic rings. The van der Waals surface area contributed by atoms with Gasteiger partial charge in [-0.25, -0.2) is 0 Å². The van der Waals surface area contributed by atoms with E-state index in [4.69, 9.17) is 0 Å². The lowest BCUT2D eigenvalue weighted by Gasteiger charge is -2.11. The van der Waals surface area contributed by atoms with Crippen LogP contribution in [0.3, 0.4) is 0 Å². The molecule has 21 heavy (non-hydrogen) atoms. The molecule has 0 spiro atoms. The van der Waals surface area contributed by atoms with E-state index >= 15 is 0 Å². The predicted octanol–water partition coefficient (Wildman–Crippen LogP) is 5.75. The molecule has 0 heterocycles. The van der Waals surface area contributed by atoms with E-state index in [9.17, 15) is 0 Å². The van der Waals surface area contributed by atoms with E-state index in [0.29, 0.717) is 5.92 Å². The second-order valence-corrected chi connectivity index (χ2v) is 7.31. The van der Waals surface area contributed by atoms with Gasteiger partial charge in [-0.3, -0.25) is 4.99 Å². The first kappa shape index (κ1) is 15.8. The summed E-state index contributed by atoms with van der Waals surface area (Å²) in [5, 5.41) is 0. The number of hydrogen-bond acceptors (Lipinski definition) is 1. The van der Waals surface area contributed by atoms with Crippen molar-refractivity contribution in [1.82, 2.24) is 0 Å². The van der Waals surface area contributed by atoms with Gasteiger partial charge in [-0.2, -0.15) is 0 Å². The van der Waals surface area contributed by atoms with Crippen LogP contribution in [-0.2, 0) is 0 Å². The third-order valence-corrected chi connectivity index (χ3v) is 3.86. The van der Waals surface area contributed by atoms with Crippen molar-refractivity contribution >= 4 is 6.21 Å². The van der Waals surface area contributed by atoms with Crippen LogP contribution in [0.1, 0.15) is 62.8 Å². The monoisotopic (exact) mass is 281 g/mol. The van der Waals surface area contributed by atoms with Crippen molar-refractivity contribution in [2.75, 3.05) is 0 Å². The molecule has 1 heteroatoms. The zero-order chi connectivity index (χ0) is 15.8. The van der Waals surface area contributed by atoms with Crippen LogP contribution in [0.2, 0.25) is 0 Å². The molecule has 0 aliphatic heterocycles. The predicted molar refractivity (Wildman–Crippen MR) is 94.0 cm³/mol. The number of rotatable bonds is 2. The maximum Gasteiger partial charge on any atom is 0.0524 e. The van der Waals surface area contributed by atoms with Gasteiger partial charge in [0.1, 0.15) is 0 Å². The minimum atomic E-state index is -0.0353. The maximum absolute atomic E-state index is 4.67. The lowest BCUT2D eigenvalue weighted by atomic mass is 9.99. The van der Waals surface area contributed by atoms with Crippen LogP contribution in [0.15, 0.2) is 29.3 Å². The zero-order valence-corrected chi connectivity index (χ0v) is 14.4. The Morgan fingerprint density at radius 3 is 2.19 bits per heavy atom. The van der Waals surface area contributed by atoms with E-state index in [-0.39, 0.29) is 5.54 Å². The van der Waals surface area contributed by atoms with Crippen LogP contribution in [0.5, 0.6) is 0 Å². The van der Waals surface area contributed by atoms with Gasteiger partial charge in [0.25, 0.3) is 0 Å². The van der Waals surface area contributed by atoms with Crippen molar-refractivity contribution < 1.29 is 0 Å². The minimum Gasteiger partial charge on any atom is -0.287 e. The summed E-state index contributed by atoms with van der Waals surface area (Å²) < 4.78 is 0. The highest BCUT2D eigenvalue weighted by Gasteiger charge is 2.14. The van der Waals surface area contributed by atoms with E-state index in [1.54, 1.807) is 0 Å². The topological polar surface area (TPSA) is 12.4 Å². The van der Waals surface area contributed by atoms with E-state index < -0.39 is 0 Å². The van der Waals surface area contributed by atoms with Crippen molar-refractivity contribution in [3.05, 3.63) is 46.5 Å². The standard InChI is InChI=1S/C20H27N/c1-13(2)18-11-19-16(12-21-20(5,6)7)8-9-17(19)14(3)10-15(18)4/h8-13H,1-7H3. The Balaban J connectivity index is 2.64. The lowest BCUT2D eigenvalue weighted by molar-refractivity contribution is 0.587. The summed E-state index contributed by atoms with van der Waals surface area (Å²) in [5.74, 6) is 0.530. The molecule has 0 N–H and O–H groups in total. The molecule has 112 valence electrons. The highest BCUT2D eigenvalue weighted by Crippen LogP contribution is 2.33. The molecule has 0 aromatic carbocycles. The number of fused-ring (bicyclic) bond motifs is 1. The average molecular weight is 281 g/mol. The van der Waals surface area contributed by atoms with Crippen molar-refractivity contribution in [2.24, 2.45) is 4.99 Å². The third kappa shape index (κ3) is 3.53. The fourth-order valence-corrected chi connectivity index (χ4v) is 2.77. The van der Waals surface area contributed by atoms with Crippen LogP contribution in [0.4, 0.5) is 0 Å². The average Bonchev–Trinajstić information content (AvgIpc) is 2.69. The van der Waals surface area contributed by atoms with Crippen molar-refractivity contribution in [1.29, 1.82) is 0 Å². The molecule has 0 aromatic rings. The molecule has 0 bridgehead atoms. The van der Waals surface area contributed by atoms with Gasteiger partial charge in [-0.15, -0.1) is 0 Å². The van der Waals surface area contributed by atoms with E-state index in [0.717, 1.165) is 0 Å². The Morgan fingerprint density at radius 1 is 0.952 bits per heavy atom. The molecule has 2 rings (SSSR count). The molecule has 0 fully saturated rings. The zero-order valence-electron chi connectivity index (χ0n) is 14.4. The van der Waals surface area contributed by atoms with Gasteiger partial charge in [-0.05, 0) is 74.4 Å². The summed E-state index contributed by atoms with van der Waals surface area (Å²) in [4.78, 5) is 4.67. The van der Waals surface area contributed by atoms with Crippen LogP contribution in [-0.4, -0.2) is 11.8 Å². The summed E-state index contributed by atoms with van der Waals surface area (Å²) in [6.45, 7) is 15.3. The summed E-state index contributed by atoms with van der Waals surface area (Å²) >= 11 is 0. The molecule has 0 saturated heterocycles. The maximum atomic E-state index is 4.67. The summed E-state index contributed by atoms with van der Waals surface area (Å²) in [6, 6.07) is 9.07. The van der Waals surface area contributed by atoms with Gasteiger partial charge in [-0.1, -0.05) is 32.0 Å². The Morgan fingerprint density at radius 2 is 1.62 bits per heavy atom. The SMILES string of the molecule is Cc1cc(C)c(C(C)C)cc2c(C=NC(C)(C)C)ccc1-2. The molecule has 0 radical (unpaired) electrons. The summed E-state index contributed by atoms with van der Waals surface area (Å²) in [7, 11) is 0. The molecule has 0 aromatic heterocycles. The van der Waals surface area contributed by atoms with Gasteiger partial charge < -0.3 is 0 Å². The van der Waals surface area contributed by atoms with Crippen molar-refractivity contribution in [3.63, 3.8) is 0 Å². The molecule has 0 unspecified atom stereocenters. The summed E-state index contributed by atoms with van der Waals surface area (Å²) in [6.07, 6.45) is 2.03. The van der Waals surface area contributed by atoms with Crippen LogP contribution < -0.4 is 0 Å². The fourth-order valence-electron chi connectivity index (χ4n) is 2.77. The molecule has 0 amide bonds. The van der Waals surface area contributed by atoms with Gasteiger partial charge in [0.15, 0.2) is 0 Å². The Hall–Kier alpha value is -1.63. The number of nitrogens with zero attached hydrogens (tertiary/aromatic N) is 1. The highest BCUT2D eigenvalue weighted by molar-refractivity contribution is 5.93. The largest absolute Gasteiger partial charge is 0.287 e. The first-order valence-electron chi connectivity index (χ1n) is 7.78. The molecule has 2 aliphatic carbocycles. The Kier molecular flexibility index (Phi) is 4.22. The van der Waals surface area contributed by atoms with Gasteiger partial charge >= 0.3 is 0 Å². The van der Waals surface area contributed by atoms with Crippen LogP contribution in [0, 0.1) is 13.8 Å². The van der Waals surface area contributed by atoms with Crippen LogP contribution in [0.25, 0.3) is 11.1 Å². The Labute approximate surface area is 129 Å². The third-order valence-electron chi connectivity index (χ3n) is 3.86. The smallest absolute Gasteiger partial charge is 0.0524 e. The minimum absolute atomic E-state index is 0.0353. The molecule has 0 saturated carbocycles. The number of aryl methyl sites for hydroxylation is 2. The number of hydrogen-bond donors (Lipinski definition) is 0. The van der Waals surface area contributed by atoms with Crippen molar-refractivity contribution in [2.45, 2.75) is 59.9 Å². The molecule has 1 nitrogen and oxygen atoms in total. The Bertz CT molecular complexity index is 642. The normalized spacial score (nSPS) is 12.8. The second-order valence-electron chi connectivity index (χ2n) is 7.31. The second kappa shape index (κ2) is 5.63. The van der Waals surface area contributed by atoms with Crippen LogP contribution >= 0.6 is 0 Å². The number of aliphatic imine (C=N–C) groups is 1. The molecular weight excluding hydrogens is 254 g/mol. The molecule has 0 atom stereocenters. The first-order valence-corrected chi connectivity index (χ1v) is 7.78. The summed E-state index contributed by atoms with van der Waals surface area (Å²) in [5.41, 5.74) is 7.97. The van der Waals surface area contributed by atoms with Crippen molar-refractivity contribution in [3.8, 4) is 11.1 Å². The van der Waals surface area contributed by atoms with E-state index in [2.05, 4.69) is 77.7 Å².